The van der Waals surface area contributed by atoms with Crippen LogP contribution >= 0.6 is 0 Å². The maximum atomic E-state index is 11.7. The SMILES string of the molecule is CNS(=O)(=O)c1cccc(N2CCCCC2)c1. The van der Waals surface area contributed by atoms with Gasteiger partial charge in [-0.15, -0.1) is 0 Å². The molecule has 5 heteroatoms. The topological polar surface area (TPSA) is 49.4 Å². The number of benzene rings is 1. The molecule has 0 amide bonds. The van der Waals surface area contributed by atoms with E-state index in [4.69, 9.17) is 0 Å². The van der Waals surface area contributed by atoms with Crippen molar-refractivity contribution in [3.05, 3.63) is 24.3 Å². The molecule has 1 heterocycles. The lowest BCUT2D eigenvalue weighted by Crippen LogP contribution is -2.29. The molecule has 1 aromatic rings. The van der Waals surface area contributed by atoms with Crippen molar-refractivity contribution in [3.63, 3.8) is 0 Å². The molecule has 2 rings (SSSR count). The summed E-state index contributed by atoms with van der Waals surface area (Å²) in [5.74, 6) is 0. The van der Waals surface area contributed by atoms with Crippen molar-refractivity contribution >= 4 is 15.7 Å². The maximum absolute atomic E-state index is 11.7. The van der Waals surface area contributed by atoms with E-state index in [2.05, 4.69) is 9.62 Å². The fourth-order valence-corrected chi connectivity index (χ4v) is 2.89. The predicted molar refractivity (Wildman–Crippen MR) is 68.8 cm³/mol. The average molecular weight is 254 g/mol. The van der Waals surface area contributed by atoms with Crippen LogP contribution in [0.1, 0.15) is 19.3 Å². The molecule has 4 nitrogen and oxygen atoms in total. The molecule has 0 atom stereocenters. The minimum Gasteiger partial charge on any atom is -0.372 e. The molecule has 0 unspecified atom stereocenters. The molecule has 1 saturated heterocycles. The van der Waals surface area contributed by atoms with Crippen LogP contribution in [-0.2, 0) is 10.0 Å². The first kappa shape index (κ1) is 12.4. The minimum atomic E-state index is -3.34. The highest BCUT2D eigenvalue weighted by molar-refractivity contribution is 7.89. The largest absolute Gasteiger partial charge is 0.372 e. The van der Waals surface area contributed by atoms with Gasteiger partial charge in [0.1, 0.15) is 0 Å². The quantitative estimate of drug-likeness (QED) is 0.891. The van der Waals surface area contributed by atoms with Crippen molar-refractivity contribution in [1.82, 2.24) is 4.72 Å². The number of piperidine rings is 1. The molecular weight excluding hydrogens is 236 g/mol. The average Bonchev–Trinajstić information content (AvgIpc) is 2.40. The van der Waals surface area contributed by atoms with Gasteiger partial charge in [0.25, 0.3) is 0 Å². The number of nitrogens with one attached hydrogen (secondary N) is 1. The van der Waals surface area contributed by atoms with E-state index in [1.807, 2.05) is 6.07 Å². The highest BCUT2D eigenvalue weighted by Crippen LogP contribution is 2.22. The Kier molecular flexibility index (Phi) is 3.69. The summed E-state index contributed by atoms with van der Waals surface area (Å²) < 4.78 is 25.8. The smallest absolute Gasteiger partial charge is 0.240 e. The van der Waals surface area contributed by atoms with Gasteiger partial charge < -0.3 is 4.90 Å². The van der Waals surface area contributed by atoms with Gasteiger partial charge in [-0.3, -0.25) is 0 Å². The normalized spacial score (nSPS) is 17.1. The molecule has 1 aliphatic rings. The zero-order valence-corrected chi connectivity index (χ0v) is 10.8. The van der Waals surface area contributed by atoms with Crippen molar-refractivity contribution in [2.24, 2.45) is 0 Å². The second-order valence-electron chi connectivity index (χ2n) is 4.25. The van der Waals surface area contributed by atoms with Crippen LogP contribution in [0.4, 0.5) is 5.69 Å². The van der Waals surface area contributed by atoms with Gasteiger partial charge in [0.2, 0.25) is 10.0 Å². The first-order valence-electron chi connectivity index (χ1n) is 5.92. The Morgan fingerprint density at radius 3 is 2.53 bits per heavy atom. The van der Waals surface area contributed by atoms with Gasteiger partial charge in [-0.1, -0.05) is 6.07 Å². The third-order valence-corrected chi connectivity index (χ3v) is 4.53. The molecule has 0 radical (unpaired) electrons. The Hall–Kier alpha value is -1.07. The third-order valence-electron chi connectivity index (χ3n) is 3.12. The lowest BCUT2D eigenvalue weighted by atomic mass is 10.1. The number of rotatable bonds is 3. The maximum Gasteiger partial charge on any atom is 0.240 e. The van der Waals surface area contributed by atoms with Crippen LogP contribution in [0, 0.1) is 0 Å². The van der Waals surface area contributed by atoms with Crippen LogP contribution < -0.4 is 9.62 Å². The monoisotopic (exact) mass is 254 g/mol. The summed E-state index contributed by atoms with van der Waals surface area (Å²) in [6.07, 6.45) is 3.64. The molecule has 0 bridgehead atoms. The zero-order chi connectivity index (χ0) is 12.3. The fourth-order valence-electron chi connectivity index (χ4n) is 2.12. The van der Waals surface area contributed by atoms with Crippen LogP contribution in [0.2, 0.25) is 0 Å². The number of nitrogens with zero attached hydrogens (tertiary/aromatic N) is 1. The highest BCUT2D eigenvalue weighted by atomic mass is 32.2. The molecule has 0 spiro atoms. The van der Waals surface area contributed by atoms with E-state index in [0.29, 0.717) is 4.90 Å². The lowest BCUT2D eigenvalue weighted by Gasteiger charge is -2.29. The fraction of sp³-hybridized carbons (Fsp3) is 0.500. The summed E-state index contributed by atoms with van der Waals surface area (Å²) in [7, 11) is -1.90. The van der Waals surface area contributed by atoms with Crippen molar-refractivity contribution < 1.29 is 8.42 Å². The van der Waals surface area contributed by atoms with E-state index in [1.54, 1.807) is 18.2 Å². The first-order chi connectivity index (χ1) is 8.13. The second-order valence-corrected chi connectivity index (χ2v) is 6.14. The number of hydrogen-bond donors (Lipinski definition) is 1. The molecule has 0 aromatic heterocycles. The Balaban J connectivity index is 2.28. The molecule has 94 valence electrons. The Labute approximate surface area is 103 Å². The number of hydrogen-bond acceptors (Lipinski definition) is 3. The van der Waals surface area contributed by atoms with E-state index in [1.165, 1.54) is 26.3 Å². The summed E-state index contributed by atoms with van der Waals surface area (Å²) in [6.45, 7) is 2.03. The first-order valence-corrected chi connectivity index (χ1v) is 7.40. The molecule has 1 aliphatic heterocycles. The van der Waals surface area contributed by atoms with Crippen molar-refractivity contribution in [2.75, 3.05) is 25.0 Å². The van der Waals surface area contributed by atoms with Gasteiger partial charge in [0, 0.05) is 18.8 Å². The molecule has 17 heavy (non-hydrogen) atoms. The third kappa shape index (κ3) is 2.79. The van der Waals surface area contributed by atoms with E-state index in [0.717, 1.165) is 18.8 Å². The van der Waals surface area contributed by atoms with E-state index >= 15 is 0 Å². The van der Waals surface area contributed by atoms with Crippen molar-refractivity contribution in [2.45, 2.75) is 24.2 Å². The van der Waals surface area contributed by atoms with Gasteiger partial charge in [-0.25, -0.2) is 13.1 Å². The Morgan fingerprint density at radius 1 is 1.18 bits per heavy atom. The summed E-state index contributed by atoms with van der Waals surface area (Å²) in [6, 6.07) is 7.14. The lowest BCUT2D eigenvalue weighted by molar-refractivity contribution is 0.576. The Bertz CT molecular complexity index is 479. The van der Waals surface area contributed by atoms with Crippen LogP contribution in [-0.4, -0.2) is 28.6 Å². The van der Waals surface area contributed by atoms with Crippen LogP contribution in [0.3, 0.4) is 0 Å². The standard InChI is InChI=1S/C12H18N2O2S/c1-13-17(15,16)12-7-5-6-11(10-12)14-8-3-2-4-9-14/h5-7,10,13H,2-4,8-9H2,1H3. The highest BCUT2D eigenvalue weighted by Gasteiger charge is 2.15. The zero-order valence-electron chi connectivity index (χ0n) is 10.0. The van der Waals surface area contributed by atoms with E-state index < -0.39 is 10.0 Å². The summed E-state index contributed by atoms with van der Waals surface area (Å²) in [4.78, 5) is 2.58. The van der Waals surface area contributed by atoms with Gasteiger partial charge in [0.05, 0.1) is 4.90 Å². The summed E-state index contributed by atoms with van der Waals surface area (Å²) in [5, 5.41) is 0. The molecule has 1 fully saturated rings. The number of sulfonamides is 1. The summed E-state index contributed by atoms with van der Waals surface area (Å²) >= 11 is 0. The molecular formula is C12H18N2O2S. The van der Waals surface area contributed by atoms with Crippen LogP contribution in [0.25, 0.3) is 0 Å². The van der Waals surface area contributed by atoms with Gasteiger partial charge >= 0.3 is 0 Å². The Morgan fingerprint density at radius 2 is 1.88 bits per heavy atom. The minimum absolute atomic E-state index is 0.336. The van der Waals surface area contributed by atoms with Crippen molar-refractivity contribution in [3.8, 4) is 0 Å². The molecule has 1 N–H and O–H groups in total. The van der Waals surface area contributed by atoms with E-state index in [9.17, 15) is 8.42 Å². The molecule has 0 saturated carbocycles. The predicted octanol–water partition coefficient (Wildman–Crippen LogP) is 1.58. The molecule has 0 aliphatic carbocycles. The second kappa shape index (κ2) is 5.06. The van der Waals surface area contributed by atoms with Crippen LogP contribution in [0.15, 0.2) is 29.2 Å². The number of anilines is 1. The van der Waals surface area contributed by atoms with Crippen molar-refractivity contribution in [1.29, 1.82) is 0 Å². The van der Waals surface area contributed by atoms with E-state index in [-0.39, 0.29) is 0 Å². The summed E-state index contributed by atoms with van der Waals surface area (Å²) in [5.41, 5.74) is 1.00. The van der Waals surface area contributed by atoms with Gasteiger partial charge in [-0.05, 0) is 44.5 Å². The van der Waals surface area contributed by atoms with Gasteiger partial charge in [-0.2, -0.15) is 0 Å². The van der Waals surface area contributed by atoms with Gasteiger partial charge in [0.15, 0.2) is 0 Å². The molecule has 1 aromatic carbocycles. The van der Waals surface area contributed by atoms with Crippen LogP contribution in [0.5, 0.6) is 0 Å².